The predicted molar refractivity (Wildman–Crippen MR) is 58.2 cm³/mol. The van der Waals surface area contributed by atoms with Crippen LogP contribution in [0.5, 0.6) is 0 Å². The van der Waals surface area contributed by atoms with Crippen LogP contribution in [0.3, 0.4) is 0 Å². The molecule has 1 heterocycles. The van der Waals surface area contributed by atoms with E-state index in [0.717, 1.165) is 0 Å². The van der Waals surface area contributed by atoms with Gasteiger partial charge in [-0.2, -0.15) is 11.8 Å². The van der Waals surface area contributed by atoms with Gasteiger partial charge in [-0.1, -0.05) is 6.07 Å². The first-order chi connectivity index (χ1) is 7.13. The van der Waals surface area contributed by atoms with Gasteiger partial charge < -0.3 is 10.4 Å². The third-order valence-electron chi connectivity index (χ3n) is 1.51. The van der Waals surface area contributed by atoms with E-state index in [9.17, 15) is 9.59 Å². The minimum Gasteiger partial charge on any atom is -0.477 e. The number of aromatic nitrogens is 1. The van der Waals surface area contributed by atoms with Gasteiger partial charge in [-0.3, -0.25) is 4.79 Å². The molecule has 1 aromatic heterocycles. The third-order valence-corrected chi connectivity index (χ3v) is 2.06. The molecule has 0 aliphatic heterocycles. The summed E-state index contributed by atoms with van der Waals surface area (Å²) < 4.78 is 0. The van der Waals surface area contributed by atoms with Crippen molar-refractivity contribution in [2.45, 2.75) is 0 Å². The van der Waals surface area contributed by atoms with Crippen molar-refractivity contribution in [3.8, 4) is 0 Å². The lowest BCUT2D eigenvalue weighted by Crippen LogP contribution is -2.15. The Bertz CT molecular complexity index is 381. The summed E-state index contributed by atoms with van der Waals surface area (Å²) in [6.07, 6.45) is 1.81. The average molecular weight is 226 g/mol. The van der Waals surface area contributed by atoms with E-state index < -0.39 is 5.97 Å². The molecule has 1 aromatic rings. The number of hydrogen-bond acceptors (Lipinski definition) is 4. The topological polar surface area (TPSA) is 79.3 Å². The van der Waals surface area contributed by atoms with Crippen LogP contribution in [0, 0.1) is 0 Å². The van der Waals surface area contributed by atoms with E-state index in [0.29, 0.717) is 5.75 Å². The summed E-state index contributed by atoms with van der Waals surface area (Å²) in [4.78, 5) is 25.5. The van der Waals surface area contributed by atoms with Gasteiger partial charge in [0.25, 0.3) is 0 Å². The Labute approximate surface area is 90.9 Å². The van der Waals surface area contributed by atoms with Crippen molar-refractivity contribution >= 4 is 29.5 Å². The van der Waals surface area contributed by atoms with E-state index in [2.05, 4.69) is 10.3 Å². The Balaban J connectivity index is 2.73. The first-order valence-corrected chi connectivity index (χ1v) is 5.52. The molecule has 0 spiro atoms. The standard InChI is InChI=1S/C9H10N2O3S/c1-15-5-8(12)11-7-4-2-3-6(10-7)9(13)14/h2-4H,5H2,1H3,(H,13,14)(H,10,11,12). The zero-order valence-electron chi connectivity index (χ0n) is 8.06. The monoisotopic (exact) mass is 226 g/mol. The van der Waals surface area contributed by atoms with E-state index in [1.807, 2.05) is 0 Å². The van der Waals surface area contributed by atoms with Crippen molar-refractivity contribution in [3.05, 3.63) is 23.9 Å². The number of anilines is 1. The number of rotatable bonds is 4. The Kier molecular flexibility index (Phi) is 4.11. The summed E-state index contributed by atoms with van der Waals surface area (Å²) in [5.41, 5.74) is -0.0862. The van der Waals surface area contributed by atoms with Crippen LogP contribution in [0.25, 0.3) is 0 Å². The van der Waals surface area contributed by atoms with Gasteiger partial charge in [0.1, 0.15) is 5.82 Å². The number of hydrogen-bond donors (Lipinski definition) is 2. The molecule has 0 unspecified atom stereocenters. The Morgan fingerprint density at radius 1 is 1.53 bits per heavy atom. The van der Waals surface area contributed by atoms with Crippen molar-refractivity contribution in [3.63, 3.8) is 0 Å². The van der Waals surface area contributed by atoms with Crippen LogP contribution in [0.15, 0.2) is 18.2 Å². The van der Waals surface area contributed by atoms with Crippen LogP contribution in [0.2, 0.25) is 0 Å². The summed E-state index contributed by atoms with van der Waals surface area (Å²) in [5.74, 6) is -0.735. The maximum Gasteiger partial charge on any atom is 0.354 e. The summed E-state index contributed by atoms with van der Waals surface area (Å²) in [6.45, 7) is 0. The van der Waals surface area contributed by atoms with Crippen LogP contribution >= 0.6 is 11.8 Å². The highest BCUT2D eigenvalue weighted by Crippen LogP contribution is 2.05. The zero-order chi connectivity index (χ0) is 11.3. The lowest BCUT2D eigenvalue weighted by molar-refractivity contribution is -0.113. The molecule has 2 N–H and O–H groups in total. The van der Waals surface area contributed by atoms with Gasteiger partial charge >= 0.3 is 5.97 Å². The Hall–Kier alpha value is -1.56. The number of carbonyl (C=O) groups is 2. The molecule has 1 amide bonds. The van der Waals surface area contributed by atoms with Crippen LogP contribution in [0.4, 0.5) is 5.82 Å². The fourth-order valence-corrected chi connectivity index (χ4v) is 1.27. The normalized spacial score (nSPS) is 9.67. The van der Waals surface area contributed by atoms with Crippen LogP contribution in [0.1, 0.15) is 10.5 Å². The van der Waals surface area contributed by atoms with Gasteiger partial charge in [-0.05, 0) is 18.4 Å². The average Bonchev–Trinajstić information content (AvgIpc) is 2.18. The third kappa shape index (κ3) is 3.59. The Morgan fingerprint density at radius 3 is 2.87 bits per heavy atom. The molecular weight excluding hydrogens is 216 g/mol. The lowest BCUT2D eigenvalue weighted by Gasteiger charge is -2.03. The van der Waals surface area contributed by atoms with Crippen molar-refractivity contribution in [1.29, 1.82) is 0 Å². The molecular formula is C9H10N2O3S. The maximum atomic E-state index is 11.2. The summed E-state index contributed by atoms with van der Waals surface area (Å²) in [7, 11) is 0. The smallest absolute Gasteiger partial charge is 0.354 e. The molecule has 15 heavy (non-hydrogen) atoms. The molecule has 0 aromatic carbocycles. The first-order valence-electron chi connectivity index (χ1n) is 4.12. The fourth-order valence-electron chi connectivity index (χ4n) is 0.933. The molecule has 0 saturated heterocycles. The molecule has 0 radical (unpaired) electrons. The van der Waals surface area contributed by atoms with E-state index in [4.69, 9.17) is 5.11 Å². The second kappa shape index (κ2) is 5.35. The van der Waals surface area contributed by atoms with Gasteiger partial charge in [0.15, 0.2) is 5.69 Å². The number of carboxylic acids is 1. The number of carboxylic acid groups (broad SMARTS) is 1. The molecule has 0 aliphatic rings. The van der Waals surface area contributed by atoms with Gasteiger partial charge in [0, 0.05) is 0 Å². The van der Waals surface area contributed by atoms with Gasteiger partial charge in [-0.25, -0.2) is 9.78 Å². The van der Waals surface area contributed by atoms with E-state index in [1.165, 1.54) is 23.9 Å². The lowest BCUT2D eigenvalue weighted by atomic mass is 10.3. The summed E-state index contributed by atoms with van der Waals surface area (Å²) in [6, 6.07) is 4.45. The molecule has 6 heteroatoms. The summed E-state index contributed by atoms with van der Waals surface area (Å²) in [5, 5.41) is 11.2. The molecule has 0 saturated carbocycles. The van der Waals surface area contributed by atoms with Crippen molar-refractivity contribution < 1.29 is 14.7 Å². The SMILES string of the molecule is CSCC(=O)Nc1cccc(C(=O)O)n1. The van der Waals surface area contributed by atoms with Crippen molar-refractivity contribution in [2.75, 3.05) is 17.3 Å². The number of aromatic carboxylic acids is 1. The maximum absolute atomic E-state index is 11.2. The molecule has 0 fully saturated rings. The Morgan fingerprint density at radius 2 is 2.27 bits per heavy atom. The minimum absolute atomic E-state index is 0.0862. The molecule has 80 valence electrons. The number of carbonyl (C=O) groups excluding carboxylic acids is 1. The van der Waals surface area contributed by atoms with Crippen molar-refractivity contribution in [2.24, 2.45) is 0 Å². The van der Waals surface area contributed by atoms with Crippen LogP contribution in [-0.4, -0.2) is 34.0 Å². The highest BCUT2D eigenvalue weighted by Gasteiger charge is 2.06. The van der Waals surface area contributed by atoms with E-state index in [-0.39, 0.29) is 17.4 Å². The van der Waals surface area contributed by atoms with Crippen LogP contribution < -0.4 is 5.32 Å². The minimum atomic E-state index is -1.11. The van der Waals surface area contributed by atoms with Gasteiger partial charge in [-0.15, -0.1) is 0 Å². The van der Waals surface area contributed by atoms with Gasteiger partial charge in [0.05, 0.1) is 5.75 Å². The largest absolute Gasteiger partial charge is 0.477 e. The quantitative estimate of drug-likeness (QED) is 0.803. The zero-order valence-corrected chi connectivity index (χ0v) is 8.87. The molecule has 0 atom stereocenters. The van der Waals surface area contributed by atoms with E-state index >= 15 is 0 Å². The van der Waals surface area contributed by atoms with Crippen molar-refractivity contribution in [1.82, 2.24) is 4.98 Å². The molecule has 0 aliphatic carbocycles. The molecule has 5 nitrogen and oxygen atoms in total. The second-order valence-corrected chi connectivity index (χ2v) is 3.56. The highest BCUT2D eigenvalue weighted by atomic mass is 32.2. The summed E-state index contributed by atoms with van der Waals surface area (Å²) >= 11 is 1.38. The predicted octanol–water partition coefficient (Wildman–Crippen LogP) is 1.08. The second-order valence-electron chi connectivity index (χ2n) is 2.69. The molecule has 0 bridgehead atoms. The first kappa shape index (κ1) is 11.5. The fraction of sp³-hybridized carbons (Fsp3) is 0.222. The van der Waals surface area contributed by atoms with E-state index in [1.54, 1.807) is 12.3 Å². The molecule has 1 rings (SSSR count). The number of nitrogens with one attached hydrogen (secondary N) is 1. The number of amides is 1. The number of nitrogens with zero attached hydrogens (tertiary/aromatic N) is 1. The van der Waals surface area contributed by atoms with Crippen LogP contribution in [-0.2, 0) is 4.79 Å². The number of thioether (sulfide) groups is 1. The van der Waals surface area contributed by atoms with Gasteiger partial charge in [0.2, 0.25) is 5.91 Å². The number of pyridine rings is 1. The highest BCUT2D eigenvalue weighted by molar-refractivity contribution is 7.99.